The summed E-state index contributed by atoms with van der Waals surface area (Å²) in [5.41, 5.74) is -0.138. The molecule has 0 unspecified atom stereocenters. The molecule has 1 fully saturated rings. The highest BCUT2D eigenvalue weighted by Crippen LogP contribution is 2.30. The van der Waals surface area contributed by atoms with Crippen molar-refractivity contribution in [1.82, 2.24) is 9.46 Å². The van der Waals surface area contributed by atoms with Gasteiger partial charge in [0.15, 0.2) is 5.76 Å². The third kappa shape index (κ3) is 3.21. The number of aryl methyl sites for hydroxylation is 2. The maximum atomic E-state index is 13.7. The van der Waals surface area contributed by atoms with Crippen molar-refractivity contribution in [3.05, 3.63) is 41.3 Å². The van der Waals surface area contributed by atoms with E-state index in [1.165, 1.54) is 13.8 Å². The van der Waals surface area contributed by atoms with Crippen LogP contribution in [0.5, 0.6) is 0 Å². The second-order valence-corrected chi connectivity index (χ2v) is 7.87. The van der Waals surface area contributed by atoms with Gasteiger partial charge in [0.05, 0.1) is 5.69 Å². The third-order valence-electron chi connectivity index (χ3n) is 4.23. The minimum absolute atomic E-state index is 0.0749. The monoisotopic (exact) mass is 385 g/mol. The third-order valence-corrected chi connectivity index (χ3v) is 6.38. The summed E-state index contributed by atoms with van der Waals surface area (Å²) in [7, 11) is -4.01. The Morgan fingerprint density at radius 1 is 1.35 bits per heavy atom. The zero-order valence-corrected chi connectivity index (χ0v) is 14.9. The van der Waals surface area contributed by atoms with Crippen molar-refractivity contribution in [2.24, 2.45) is 0 Å². The van der Waals surface area contributed by atoms with Gasteiger partial charge < -0.3 is 9.84 Å². The molecule has 2 aromatic rings. The molecule has 140 valence electrons. The standard InChI is InChI=1S/C16H17F2N3O4S/c1-9-15(10(2)25-20-9)26(23,24)21-7-3-4-14(21)16(22)19-13-8-11(17)5-6-12(13)18/h5-6,8,14H,3-4,7H2,1-2H3,(H,19,22)/t14-/m1/s1. The van der Waals surface area contributed by atoms with E-state index < -0.39 is 33.6 Å². The predicted molar refractivity (Wildman–Crippen MR) is 87.9 cm³/mol. The van der Waals surface area contributed by atoms with Crippen molar-refractivity contribution >= 4 is 21.6 Å². The molecule has 1 atom stereocenters. The number of hydrogen-bond acceptors (Lipinski definition) is 5. The van der Waals surface area contributed by atoms with Gasteiger partial charge in [-0.05, 0) is 38.8 Å². The fraction of sp³-hybridized carbons (Fsp3) is 0.375. The maximum absolute atomic E-state index is 13.7. The average Bonchev–Trinajstić information content (AvgIpc) is 3.18. The first kappa shape index (κ1) is 18.5. The van der Waals surface area contributed by atoms with Crippen molar-refractivity contribution in [3.8, 4) is 0 Å². The number of hydrogen-bond donors (Lipinski definition) is 1. The molecule has 1 aliphatic heterocycles. The molecule has 26 heavy (non-hydrogen) atoms. The van der Waals surface area contributed by atoms with Crippen LogP contribution in [-0.4, -0.2) is 36.4 Å². The Kier molecular flexibility index (Phi) is 4.80. The van der Waals surface area contributed by atoms with E-state index in [4.69, 9.17) is 4.52 Å². The normalized spacial score (nSPS) is 18.2. The van der Waals surface area contributed by atoms with Crippen LogP contribution in [0.25, 0.3) is 0 Å². The van der Waals surface area contributed by atoms with Crippen LogP contribution in [0, 0.1) is 25.5 Å². The number of nitrogens with one attached hydrogen (secondary N) is 1. The topological polar surface area (TPSA) is 92.5 Å². The van der Waals surface area contributed by atoms with Gasteiger partial charge in [-0.25, -0.2) is 17.2 Å². The van der Waals surface area contributed by atoms with Crippen LogP contribution in [-0.2, 0) is 14.8 Å². The van der Waals surface area contributed by atoms with Crippen molar-refractivity contribution in [2.45, 2.75) is 37.6 Å². The van der Waals surface area contributed by atoms with Gasteiger partial charge in [0.25, 0.3) is 0 Å². The molecule has 0 spiro atoms. The second kappa shape index (κ2) is 6.76. The highest BCUT2D eigenvalue weighted by molar-refractivity contribution is 7.89. The van der Waals surface area contributed by atoms with E-state index in [1.807, 2.05) is 0 Å². The Labute approximate surface area is 149 Å². The minimum atomic E-state index is -4.01. The van der Waals surface area contributed by atoms with Gasteiger partial charge in [-0.15, -0.1) is 0 Å². The summed E-state index contributed by atoms with van der Waals surface area (Å²) < 4.78 is 58.9. The number of aromatic nitrogens is 1. The average molecular weight is 385 g/mol. The van der Waals surface area contributed by atoms with Crippen LogP contribution < -0.4 is 5.32 Å². The number of carbonyl (C=O) groups excluding carboxylic acids is 1. The second-order valence-electron chi connectivity index (χ2n) is 6.04. The number of nitrogens with zero attached hydrogens (tertiary/aromatic N) is 2. The van der Waals surface area contributed by atoms with Crippen LogP contribution in [0.1, 0.15) is 24.3 Å². The zero-order valence-electron chi connectivity index (χ0n) is 14.1. The molecular weight excluding hydrogens is 368 g/mol. The van der Waals surface area contributed by atoms with Crippen LogP contribution in [0.15, 0.2) is 27.6 Å². The maximum Gasteiger partial charge on any atom is 0.249 e. The molecule has 10 heteroatoms. The molecule has 0 radical (unpaired) electrons. The number of rotatable bonds is 4. The van der Waals surface area contributed by atoms with Gasteiger partial charge in [-0.1, -0.05) is 5.16 Å². The summed E-state index contributed by atoms with van der Waals surface area (Å²) in [5, 5.41) is 5.91. The van der Waals surface area contributed by atoms with E-state index in [-0.39, 0.29) is 35.0 Å². The molecular formula is C16H17F2N3O4S. The van der Waals surface area contributed by atoms with Crippen molar-refractivity contribution in [2.75, 3.05) is 11.9 Å². The van der Waals surface area contributed by atoms with Gasteiger partial charge in [0.2, 0.25) is 15.9 Å². The summed E-state index contributed by atoms with van der Waals surface area (Å²) in [4.78, 5) is 12.5. The van der Waals surface area contributed by atoms with Gasteiger partial charge in [0.1, 0.15) is 28.3 Å². The molecule has 2 heterocycles. The lowest BCUT2D eigenvalue weighted by Gasteiger charge is -2.23. The number of anilines is 1. The molecule has 1 amide bonds. The fourth-order valence-corrected chi connectivity index (χ4v) is 5.01. The number of amides is 1. The lowest BCUT2D eigenvalue weighted by atomic mass is 10.2. The largest absolute Gasteiger partial charge is 0.360 e. The molecule has 1 aromatic carbocycles. The Hall–Kier alpha value is -2.33. The van der Waals surface area contributed by atoms with Gasteiger partial charge in [0, 0.05) is 12.6 Å². The number of benzene rings is 1. The molecule has 1 aliphatic rings. The van der Waals surface area contributed by atoms with Crippen molar-refractivity contribution in [3.63, 3.8) is 0 Å². The van der Waals surface area contributed by atoms with E-state index in [0.29, 0.717) is 6.42 Å². The van der Waals surface area contributed by atoms with Crippen LogP contribution in [0.3, 0.4) is 0 Å². The Morgan fingerprint density at radius 3 is 2.73 bits per heavy atom. The van der Waals surface area contributed by atoms with E-state index >= 15 is 0 Å². The van der Waals surface area contributed by atoms with Crippen molar-refractivity contribution in [1.29, 1.82) is 0 Å². The quantitative estimate of drug-likeness (QED) is 0.872. The van der Waals surface area contributed by atoms with Gasteiger partial charge in [-0.3, -0.25) is 4.79 Å². The van der Waals surface area contributed by atoms with E-state index in [2.05, 4.69) is 10.5 Å². The lowest BCUT2D eigenvalue weighted by molar-refractivity contribution is -0.119. The summed E-state index contributed by atoms with van der Waals surface area (Å²) in [6, 6.07) is 1.62. The molecule has 0 bridgehead atoms. The SMILES string of the molecule is Cc1noc(C)c1S(=O)(=O)N1CCC[C@@H]1C(=O)Nc1cc(F)ccc1F. The highest BCUT2D eigenvalue weighted by Gasteiger charge is 2.42. The molecule has 1 saturated heterocycles. The number of halogens is 2. The summed E-state index contributed by atoms with van der Waals surface area (Å²) >= 11 is 0. The van der Waals surface area contributed by atoms with Gasteiger partial charge in [-0.2, -0.15) is 4.31 Å². The number of carbonyl (C=O) groups is 1. The predicted octanol–water partition coefficient (Wildman–Crippen LogP) is 2.36. The molecule has 3 rings (SSSR count). The van der Waals surface area contributed by atoms with E-state index in [0.717, 1.165) is 22.5 Å². The molecule has 0 aliphatic carbocycles. The van der Waals surface area contributed by atoms with Crippen molar-refractivity contribution < 1.29 is 26.5 Å². The van der Waals surface area contributed by atoms with Crippen LogP contribution in [0.2, 0.25) is 0 Å². The smallest absolute Gasteiger partial charge is 0.249 e. The lowest BCUT2D eigenvalue weighted by Crippen LogP contribution is -2.43. The summed E-state index contributed by atoms with van der Waals surface area (Å²) in [6.07, 6.45) is 0.734. The summed E-state index contributed by atoms with van der Waals surface area (Å²) in [6.45, 7) is 3.10. The Balaban J connectivity index is 1.88. The zero-order chi connectivity index (χ0) is 19.1. The first-order valence-electron chi connectivity index (χ1n) is 7.92. The highest BCUT2D eigenvalue weighted by atomic mass is 32.2. The first-order valence-corrected chi connectivity index (χ1v) is 9.36. The Morgan fingerprint density at radius 2 is 2.08 bits per heavy atom. The first-order chi connectivity index (χ1) is 12.2. The minimum Gasteiger partial charge on any atom is -0.360 e. The molecule has 1 N–H and O–H groups in total. The molecule has 1 aromatic heterocycles. The Bertz CT molecular complexity index is 939. The fourth-order valence-electron chi connectivity index (χ4n) is 3.06. The van der Waals surface area contributed by atoms with Crippen LogP contribution in [0.4, 0.5) is 14.5 Å². The van der Waals surface area contributed by atoms with Crippen LogP contribution >= 0.6 is 0 Å². The van der Waals surface area contributed by atoms with Gasteiger partial charge >= 0.3 is 0 Å². The molecule has 0 saturated carbocycles. The molecule has 7 nitrogen and oxygen atoms in total. The van der Waals surface area contributed by atoms with E-state index in [9.17, 15) is 22.0 Å². The summed E-state index contributed by atoms with van der Waals surface area (Å²) in [5.74, 6) is -2.11. The van der Waals surface area contributed by atoms with E-state index in [1.54, 1.807) is 0 Å². The number of sulfonamides is 1.